The molecule has 0 bridgehead atoms. The number of aryl methyl sites for hydroxylation is 1. The summed E-state index contributed by atoms with van der Waals surface area (Å²) in [6.07, 6.45) is 0.551. The van der Waals surface area contributed by atoms with Gasteiger partial charge in [-0.2, -0.15) is 0 Å². The summed E-state index contributed by atoms with van der Waals surface area (Å²) in [4.78, 5) is 23.1. The van der Waals surface area contributed by atoms with Gasteiger partial charge < -0.3 is 15.8 Å². The maximum absolute atomic E-state index is 13.7. The van der Waals surface area contributed by atoms with Crippen LogP contribution in [-0.4, -0.2) is 18.9 Å². The zero-order chi connectivity index (χ0) is 21.4. The molecule has 1 aromatic heterocycles. The molecule has 0 aliphatic rings. The predicted molar refractivity (Wildman–Crippen MR) is 116 cm³/mol. The second-order valence-electron chi connectivity index (χ2n) is 5.82. The van der Waals surface area contributed by atoms with Gasteiger partial charge in [0.05, 0.1) is 22.9 Å². The van der Waals surface area contributed by atoms with E-state index < -0.39 is 11.8 Å². The van der Waals surface area contributed by atoms with E-state index in [1.165, 1.54) is 17.7 Å². The summed E-state index contributed by atoms with van der Waals surface area (Å²) in [6.45, 7) is 3.87. The monoisotopic (exact) mass is 434 g/mol. The number of halogens is 2. The Morgan fingerprint density at radius 2 is 1.90 bits per heavy atom. The Morgan fingerprint density at radius 1 is 1.24 bits per heavy atom. The number of aldehydes is 1. The van der Waals surface area contributed by atoms with Crippen LogP contribution in [-0.2, 0) is 4.74 Å². The highest BCUT2D eigenvalue weighted by Gasteiger charge is 2.23. The Morgan fingerprint density at radius 3 is 2.45 bits per heavy atom. The van der Waals surface area contributed by atoms with Gasteiger partial charge in [-0.05, 0) is 38.1 Å². The average Bonchev–Trinajstić information content (AvgIpc) is 3.02. The lowest BCUT2D eigenvalue weighted by Gasteiger charge is -2.08. The lowest BCUT2D eigenvalue weighted by molar-refractivity contribution is 0.0529. The van der Waals surface area contributed by atoms with Crippen molar-refractivity contribution in [2.75, 3.05) is 17.7 Å². The van der Waals surface area contributed by atoms with Crippen LogP contribution in [0.1, 0.15) is 32.5 Å². The van der Waals surface area contributed by atoms with Crippen molar-refractivity contribution in [2.45, 2.75) is 13.8 Å². The normalized spacial score (nSPS) is 9.93. The quantitative estimate of drug-likeness (QED) is 0.388. The number of benzene rings is 2. The standard InChI is InChI=1S/C14H13FN2O3S.C7H7Cl/c1-2-20-14(19)11-12(16)10(7-18)21-13(11)17-9-6-4-3-5-8(9)15;1-6-2-4-7(8)5-3-6/h3-7,17H,2,16H2,1H3;2-5H,1H3. The predicted octanol–water partition coefficient (Wildman–Crippen LogP) is 5.85. The van der Waals surface area contributed by atoms with Crippen molar-refractivity contribution in [2.24, 2.45) is 0 Å². The van der Waals surface area contributed by atoms with Crippen LogP contribution < -0.4 is 11.1 Å². The fourth-order valence-electron chi connectivity index (χ4n) is 2.26. The fraction of sp³-hybridized carbons (Fsp3) is 0.143. The number of thiophene rings is 1. The molecular weight excluding hydrogens is 415 g/mol. The first-order valence-electron chi connectivity index (χ1n) is 8.65. The molecule has 0 amide bonds. The van der Waals surface area contributed by atoms with Gasteiger partial charge in [0.2, 0.25) is 0 Å². The van der Waals surface area contributed by atoms with E-state index in [0.717, 1.165) is 16.4 Å². The molecule has 0 saturated carbocycles. The minimum Gasteiger partial charge on any atom is -0.462 e. The second kappa shape index (κ2) is 10.6. The molecule has 1 heterocycles. The first-order valence-corrected chi connectivity index (χ1v) is 9.85. The molecule has 2 aromatic carbocycles. The van der Waals surface area contributed by atoms with Gasteiger partial charge in [-0.25, -0.2) is 9.18 Å². The van der Waals surface area contributed by atoms with Crippen molar-refractivity contribution in [3.63, 3.8) is 0 Å². The van der Waals surface area contributed by atoms with Gasteiger partial charge in [0, 0.05) is 5.02 Å². The topological polar surface area (TPSA) is 81.4 Å². The third kappa shape index (κ3) is 6.04. The van der Waals surface area contributed by atoms with Crippen molar-refractivity contribution in [3.8, 4) is 0 Å². The number of hydrogen-bond acceptors (Lipinski definition) is 6. The number of esters is 1. The van der Waals surface area contributed by atoms with Crippen molar-refractivity contribution >= 4 is 51.6 Å². The van der Waals surface area contributed by atoms with E-state index in [9.17, 15) is 14.0 Å². The van der Waals surface area contributed by atoms with Crippen molar-refractivity contribution in [3.05, 3.63) is 75.4 Å². The van der Waals surface area contributed by atoms with E-state index in [2.05, 4.69) is 5.32 Å². The third-order valence-corrected chi connectivity index (χ3v) is 4.99. The Balaban J connectivity index is 0.000000313. The average molecular weight is 435 g/mol. The summed E-state index contributed by atoms with van der Waals surface area (Å²) in [5, 5.41) is 3.86. The van der Waals surface area contributed by atoms with E-state index in [1.54, 1.807) is 19.1 Å². The third-order valence-electron chi connectivity index (χ3n) is 3.69. The summed E-state index contributed by atoms with van der Waals surface area (Å²) in [6, 6.07) is 13.7. The molecule has 0 unspecified atom stereocenters. The number of ether oxygens (including phenoxy) is 1. The first-order chi connectivity index (χ1) is 13.9. The molecule has 5 nitrogen and oxygen atoms in total. The molecule has 3 aromatic rings. The zero-order valence-corrected chi connectivity index (χ0v) is 17.4. The van der Waals surface area contributed by atoms with Crippen molar-refractivity contribution in [1.29, 1.82) is 0 Å². The van der Waals surface area contributed by atoms with Crippen LogP contribution in [0.5, 0.6) is 0 Å². The molecule has 3 N–H and O–H groups in total. The number of carbonyl (C=O) groups excluding carboxylic acids is 2. The lowest BCUT2D eigenvalue weighted by Crippen LogP contribution is -2.09. The van der Waals surface area contributed by atoms with Crippen LogP contribution in [0.15, 0.2) is 48.5 Å². The number of nitrogens with one attached hydrogen (secondary N) is 1. The summed E-state index contributed by atoms with van der Waals surface area (Å²) in [7, 11) is 0. The van der Waals surface area contributed by atoms with Gasteiger partial charge in [-0.15, -0.1) is 11.3 Å². The van der Waals surface area contributed by atoms with Crippen LogP contribution in [0.2, 0.25) is 5.02 Å². The molecule has 0 saturated heterocycles. The first kappa shape index (κ1) is 22.4. The molecule has 29 heavy (non-hydrogen) atoms. The molecule has 0 fully saturated rings. The van der Waals surface area contributed by atoms with Crippen molar-refractivity contribution < 1.29 is 18.7 Å². The minimum atomic E-state index is -0.654. The van der Waals surface area contributed by atoms with E-state index in [1.807, 2.05) is 31.2 Å². The minimum absolute atomic E-state index is 0.0345. The zero-order valence-electron chi connectivity index (χ0n) is 15.9. The number of hydrogen-bond donors (Lipinski definition) is 2. The Bertz CT molecular complexity index is 969. The summed E-state index contributed by atoms with van der Waals surface area (Å²) in [5.41, 5.74) is 7.29. The molecule has 3 rings (SSSR count). The molecule has 0 radical (unpaired) electrons. The van der Waals surface area contributed by atoms with Gasteiger partial charge in [0.25, 0.3) is 0 Å². The van der Waals surface area contributed by atoms with Gasteiger partial charge >= 0.3 is 5.97 Å². The number of para-hydroxylation sites is 1. The van der Waals surface area contributed by atoms with Crippen LogP contribution in [0.25, 0.3) is 0 Å². The fourth-order valence-corrected chi connectivity index (χ4v) is 3.32. The number of carbonyl (C=O) groups is 2. The number of nitrogens with two attached hydrogens (primary N) is 1. The highest BCUT2D eigenvalue weighted by molar-refractivity contribution is 7.18. The molecule has 152 valence electrons. The highest BCUT2D eigenvalue weighted by atomic mass is 35.5. The molecular formula is C21H20ClFN2O3S. The number of nitrogen functional groups attached to an aromatic ring is 1. The molecule has 0 spiro atoms. The number of anilines is 3. The molecule has 0 atom stereocenters. The second-order valence-corrected chi connectivity index (χ2v) is 7.31. The van der Waals surface area contributed by atoms with E-state index in [-0.39, 0.29) is 33.4 Å². The van der Waals surface area contributed by atoms with Crippen molar-refractivity contribution in [1.82, 2.24) is 0 Å². The SMILES string of the molecule is CCOC(=O)c1c(Nc2ccccc2F)sc(C=O)c1N.Cc1ccc(Cl)cc1. The van der Waals surface area contributed by atoms with Crippen LogP contribution in [0.4, 0.5) is 20.8 Å². The number of rotatable bonds is 5. The van der Waals surface area contributed by atoms with Crippen LogP contribution in [0.3, 0.4) is 0 Å². The summed E-state index contributed by atoms with van der Waals surface area (Å²) in [5.74, 6) is -1.13. The summed E-state index contributed by atoms with van der Waals surface area (Å²) >= 11 is 6.58. The Labute approximate surface area is 177 Å². The van der Waals surface area contributed by atoms with Gasteiger partial charge in [0.1, 0.15) is 16.4 Å². The Hall–Kier alpha value is -2.90. The van der Waals surface area contributed by atoms with Gasteiger partial charge in [-0.3, -0.25) is 4.79 Å². The van der Waals surface area contributed by atoms with Gasteiger partial charge in [0.15, 0.2) is 6.29 Å². The van der Waals surface area contributed by atoms with Gasteiger partial charge in [-0.1, -0.05) is 41.4 Å². The largest absolute Gasteiger partial charge is 0.462 e. The highest BCUT2D eigenvalue weighted by Crippen LogP contribution is 2.37. The van der Waals surface area contributed by atoms with E-state index in [4.69, 9.17) is 22.1 Å². The van der Waals surface area contributed by atoms with E-state index in [0.29, 0.717) is 6.29 Å². The molecule has 0 aliphatic carbocycles. The maximum atomic E-state index is 13.7. The molecule has 8 heteroatoms. The smallest absolute Gasteiger partial charge is 0.343 e. The van der Waals surface area contributed by atoms with Crippen LogP contribution >= 0.6 is 22.9 Å². The van der Waals surface area contributed by atoms with E-state index >= 15 is 0 Å². The lowest BCUT2D eigenvalue weighted by atomic mass is 10.2. The molecule has 0 aliphatic heterocycles. The maximum Gasteiger partial charge on any atom is 0.343 e. The Kier molecular flexibility index (Phi) is 8.18. The summed E-state index contributed by atoms with van der Waals surface area (Å²) < 4.78 is 18.6. The van der Waals surface area contributed by atoms with Crippen LogP contribution in [0, 0.1) is 12.7 Å².